The molecule has 6 nitrogen and oxygen atoms in total. The Bertz CT molecular complexity index is 549. The van der Waals surface area contributed by atoms with Gasteiger partial charge in [-0.2, -0.15) is 0 Å². The van der Waals surface area contributed by atoms with E-state index in [0.717, 1.165) is 19.3 Å². The quantitative estimate of drug-likeness (QED) is 0.867. The molecule has 1 fully saturated rings. The van der Waals surface area contributed by atoms with E-state index >= 15 is 0 Å². The van der Waals surface area contributed by atoms with Crippen LogP contribution in [-0.2, 0) is 10.0 Å². The standard InChI is InChI=1S/C11H16N2O4S/c1-8-4-2-3-7-13(8)11(14)9-5-6-10(17-9)18(12,15)16/h5-6,8H,2-4,7H2,1H3,(H2,12,15,16). The third-order valence-electron chi connectivity index (χ3n) is 3.14. The zero-order valence-corrected chi connectivity index (χ0v) is 10.9. The zero-order chi connectivity index (χ0) is 13.3. The Labute approximate surface area is 106 Å². The Morgan fingerprint density at radius 1 is 1.44 bits per heavy atom. The van der Waals surface area contributed by atoms with Crippen molar-refractivity contribution in [3.8, 4) is 0 Å². The summed E-state index contributed by atoms with van der Waals surface area (Å²) >= 11 is 0. The van der Waals surface area contributed by atoms with Crippen LogP contribution in [0, 0.1) is 0 Å². The maximum Gasteiger partial charge on any atom is 0.289 e. The van der Waals surface area contributed by atoms with Crippen LogP contribution in [0.5, 0.6) is 0 Å². The normalized spacial score (nSPS) is 21.0. The molecule has 2 rings (SSSR count). The predicted molar refractivity (Wildman–Crippen MR) is 64.4 cm³/mol. The first-order chi connectivity index (χ1) is 8.39. The molecule has 100 valence electrons. The average Bonchev–Trinajstić information content (AvgIpc) is 2.77. The molecule has 1 aliphatic rings. The maximum absolute atomic E-state index is 12.1. The highest BCUT2D eigenvalue weighted by Crippen LogP contribution is 2.21. The van der Waals surface area contributed by atoms with Gasteiger partial charge in [0.25, 0.3) is 15.9 Å². The molecule has 1 aromatic rings. The van der Waals surface area contributed by atoms with E-state index in [9.17, 15) is 13.2 Å². The first kappa shape index (κ1) is 13.1. The number of nitrogens with two attached hydrogens (primary N) is 1. The fraction of sp³-hybridized carbons (Fsp3) is 0.545. The minimum absolute atomic E-state index is 0.0211. The van der Waals surface area contributed by atoms with Gasteiger partial charge in [-0.25, -0.2) is 13.6 Å². The molecule has 1 saturated heterocycles. The molecule has 1 amide bonds. The lowest BCUT2D eigenvalue weighted by atomic mass is 10.0. The molecule has 2 heterocycles. The molecule has 0 aliphatic carbocycles. The number of piperidine rings is 1. The van der Waals surface area contributed by atoms with E-state index in [0.29, 0.717) is 6.54 Å². The molecule has 2 N–H and O–H groups in total. The van der Waals surface area contributed by atoms with Gasteiger partial charge in [0, 0.05) is 12.6 Å². The Morgan fingerprint density at radius 3 is 2.72 bits per heavy atom. The van der Waals surface area contributed by atoms with E-state index in [1.165, 1.54) is 12.1 Å². The number of primary sulfonamides is 1. The number of likely N-dealkylation sites (tertiary alicyclic amines) is 1. The van der Waals surface area contributed by atoms with Gasteiger partial charge in [-0.1, -0.05) is 0 Å². The van der Waals surface area contributed by atoms with Crippen LogP contribution >= 0.6 is 0 Å². The number of carbonyl (C=O) groups excluding carboxylic acids is 1. The van der Waals surface area contributed by atoms with Crippen molar-refractivity contribution >= 4 is 15.9 Å². The van der Waals surface area contributed by atoms with Crippen molar-refractivity contribution in [1.29, 1.82) is 0 Å². The number of hydrogen-bond donors (Lipinski definition) is 1. The monoisotopic (exact) mass is 272 g/mol. The van der Waals surface area contributed by atoms with Crippen LogP contribution in [-0.4, -0.2) is 31.8 Å². The van der Waals surface area contributed by atoms with Gasteiger partial charge in [0.2, 0.25) is 5.09 Å². The Hall–Kier alpha value is -1.34. The van der Waals surface area contributed by atoms with Crippen molar-refractivity contribution < 1.29 is 17.6 Å². The number of nitrogens with zero attached hydrogens (tertiary/aromatic N) is 1. The molecule has 0 aromatic carbocycles. The second kappa shape index (κ2) is 4.74. The Kier molecular flexibility index (Phi) is 3.45. The molecule has 1 aromatic heterocycles. The number of carbonyl (C=O) groups is 1. The minimum atomic E-state index is -3.90. The third kappa shape index (κ3) is 2.56. The van der Waals surface area contributed by atoms with Crippen LogP contribution in [0.1, 0.15) is 36.7 Å². The molecule has 18 heavy (non-hydrogen) atoms. The van der Waals surface area contributed by atoms with Crippen molar-refractivity contribution in [2.75, 3.05) is 6.54 Å². The van der Waals surface area contributed by atoms with E-state index in [-0.39, 0.29) is 22.8 Å². The topological polar surface area (TPSA) is 93.6 Å². The highest BCUT2D eigenvalue weighted by atomic mass is 32.2. The van der Waals surface area contributed by atoms with Crippen molar-refractivity contribution in [2.45, 2.75) is 37.3 Å². The summed E-state index contributed by atoms with van der Waals surface area (Å²) in [6.45, 7) is 2.64. The van der Waals surface area contributed by atoms with Crippen LogP contribution in [0.15, 0.2) is 21.6 Å². The molecule has 0 saturated carbocycles. The van der Waals surface area contributed by atoms with Crippen LogP contribution in [0.25, 0.3) is 0 Å². The Balaban J connectivity index is 2.21. The van der Waals surface area contributed by atoms with Crippen molar-refractivity contribution in [3.63, 3.8) is 0 Å². The predicted octanol–water partition coefficient (Wildman–Crippen LogP) is 0.942. The lowest BCUT2D eigenvalue weighted by Crippen LogP contribution is -2.41. The minimum Gasteiger partial charge on any atom is -0.438 e. The number of furan rings is 1. The fourth-order valence-corrected chi connectivity index (χ4v) is 2.59. The molecule has 7 heteroatoms. The summed E-state index contributed by atoms with van der Waals surface area (Å²) in [6, 6.07) is 2.70. The van der Waals surface area contributed by atoms with E-state index < -0.39 is 10.0 Å². The summed E-state index contributed by atoms with van der Waals surface area (Å²) in [5.41, 5.74) is 0. The first-order valence-electron chi connectivity index (χ1n) is 5.83. The van der Waals surface area contributed by atoms with Crippen LogP contribution in [0.3, 0.4) is 0 Å². The summed E-state index contributed by atoms with van der Waals surface area (Å²) in [5, 5.41) is 4.55. The van der Waals surface area contributed by atoms with Gasteiger partial charge in [0.05, 0.1) is 0 Å². The third-order valence-corrected chi connectivity index (χ3v) is 3.92. The van der Waals surface area contributed by atoms with E-state index in [4.69, 9.17) is 9.56 Å². The largest absolute Gasteiger partial charge is 0.438 e. The van der Waals surface area contributed by atoms with Gasteiger partial charge in [-0.3, -0.25) is 4.79 Å². The van der Waals surface area contributed by atoms with Gasteiger partial charge in [0.15, 0.2) is 5.76 Å². The van der Waals surface area contributed by atoms with Gasteiger partial charge >= 0.3 is 0 Å². The maximum atomic E-state index is 12.1. The molecule has 0 spiro atoms. The Morgan fingerprint density at radius 2 is 2.17 bits per heavy atom. The smallest absolute Gasteiger partial charge is 0.289 e. The molecule has 0 bridgehead atoms. The highest BCUT2D eigenvalue weighted by Gasteiger charge is 2.27. The van der Waals surface area contributed by atoms with Crippen molar-refractivity contribution in [3.05, 3.63) is 17.9 Å². The lowest BCUT2D eigenvalue weighted by molar-refractivity contribution is 0.0597. The summed E-state index contributed by atoms with van der Waals surface area (Å²) in [4.78, 5) is 13.9. The molecule has 1 aliphatic heterocycles. The van der Waals surface area contributed by atoms with Gasteiger partial charge < -0.3 is 9.32 Å². The van der Waals surface area contributed by atoms with Crippen molar-refractivity contribution in [1.82, 2.24) is 4.90 Å². The molecular formula is C11H16N2O4S. The second-order valence-corrected chi connectivity index (χ2v) is 6.00. The van der Waals surface area contributed by atoms with Crippen LogP contribution in [0.4, 0.5) is 0 Å². The summed E-state index contributed by atoms with van der Waals surface area (Å²) in [5.74, 6) is -0.259. The molecule has 1 atom stereocenters. The molecule has 0 radical (unpaired) electrons. The van der Waals surface area contributed by atoms with E-state index in [2.05, 4.69) is 0 Å². The zero-order valence-electron chi connectivity index (χ0n) is 10.1. The average molecular weight is 272 g/mol. The number of hydrogen-bond acceptors (Lipinski definition) is 4. The summed E-state index contributed by atoms with van der Waals surface area (Å²) < 4.78 is 27.1. The molecular weight excluding hydrogens is 256 g/mol. The van der Waals surface area contributed by atoms with E-state index in [1.807, 2.05) is 6.92 Å². The van der Waals surface area contributed by atoms with Gasteiger partial charge in [-0.15, -0.1) is 0 Å². The SMILES string of the molecule is CC1CCCCN1C(=O)c1ccc(S(N)(=O)=O)o1. The highest BCUT2D eigenvalue weighted by molar-refractivity contribution is 7.89. The first-order valence-corrected chi connectivity index (χ1v) is 7.38. The summed E-state index contributed by atoms with van der Waals surface area (Å²) in [7, 11) is -3.90. The van der Waals surface area contributed by atoms with Crippen molar-refractivity contribution in [2.24, 2.45) is 5.14 Å². The lowest BCUT2D eigenvalue weighted by Gasteiger charge is -2.32. The molecule has 1 unspecified atom stereocenters. The van der Waals surface area contributed by atoms with Gasteiger partial charge in [-0.05, 0) is 38.3 Å². The van der Waals surface area contributed by atoms with Gasteiger partial charge in [0.1, 0.15) is 0 Å². The van der Waals surface area contributed by atoms with E-state index in [1.54, 1.807) is 4.90 Å². The number of rotatable bonds is 2. The fourth-order valence-electron chi connectivity index (χ4n) is 2.13. The second-order valence-electron chi connectivity index (χ2n) is 4.51. The summed E-state index contributed by atoms with van der Waals surface area (Å²) in [6.07, 6.45) is 3.01. The number of sulfonamides is 1. The number of amides is 1. The van der Waals surface area contributed by atoms with Crippen LogP contribution < -0.4 is 5.14 Å². The van der Waals surface area contributed by atoms with Crippen LogP contribution in [0.2, 0.25) is 0 Å².